The van der Waals surface area contributed by atoms with E-state index in [1.54, 1.807) is 13.8 Å². The maximum absolute atomic E-state index is 11.9. The highest BCUT2D eigenvalue weighted by Crippen LogP contribution is 2.14. The molecule has 0 bridgehead atoms. The lowest BCUT2D eigenvalue weighted by atomic mass is 10.2. The molecule has 23 heavy (non-hydrogen) atoms. The molecule has 0 aromatic heterocycles. The summed E-state index contributed by atoms with van der Waals surface area (Å²) < 4.78 is 29.2. The highest BCUT2D eigenvalue weighted by atomic mass is 32.2. The molecule has 0 spiro atoms. The lowest BCUT2D eigenvalue weighted by Crippen LogP contribution is -2.46. The number of esters is 1. The average molecular weight is 369 g/mol. The molecule has 0 aromatic rings. The maximum Gasteiger partial charge on any atom is 0.346 e. The Morgan fingerprint density at radius 2 is 1.74 bits per heavy atom. The predicted molar refractivity (Wildman–Crippen MR) is 86.5 cm³/mol. The van der Waals surface area contributed by atoms with Gasteiger partial charge in [-0.25, -0.2) is 13.2 Å². The SMILES string of the molecule is CC(=O)SC[C@@H](C)C(=O)O[C@@H](CN(C(C)C)S(C)(=O)=O)C(=O)O. The van der Waals surface area contributed by atoms with Crippen LogP contribution in [0.5, 0.6) is 0 Å². The fourth-order valence-electron chi connectivity index (χ4n) is 1.63. The topological polar surface area (TPSA) is 118 Å². The number of sulfonamides is 1. The van der Waals surface area contributed by atoms with Gasteiger partial charge in [-0.05, 0) is 13.8 Å². The molecule has 0 radical (unpaired) electrons. The molecule has 0 aliphatic carbocycles. The van der Waals surface area contributed by atoms with Crippen LogP contribution in [0.25, 0.3) is 0 Å². The van der Waals surface area contributed by atoms with E-state index in [0.29, 0.717) is 0 Å². The number of nitrogens with zero attached hydrogens (tertiary/aromatic N) is 1. The van der Waals surface area contributed by atoms with Crippen LogP contribution in [0.4, 0.5) is 0 Å². The first-order valence-electron chi connectivity index (χ1n) is 6.89. The molecule has 0 saturated heterocycles. The number of carbonyl (C=O) groups is 3. The summed E-state index contributed by atoms with van der Waals surface area (Å²) >= 11 is 0.933. The quantitative estimate of drug-likeness (QED) is 0.586. The van der Waals surface area contributed by atoms with Gasteiger partial charge >= 0.3 is 11.9 Å². The van der Waals surface area contributed by atoms with Gasteiger partial charge in [0.05, 0.1) is 18.7 Å². The van der Waals surface area contributed by atoms with E-state index in [1.807, 2.05) is 0 Å². The molecule has 8 nitrogen and oxygen atoms in total. The van der Waals surface area contributed by atoms with Gasteiger partial charge in [0.2, 0.25) is 16.1 Å². The van der Waals surface area contributed by atoms with Crippen LogP contribution in [-0.2, 0) is 29.1 Å². The zero-order valence-corrected chi connectivity index (χ0v) is 15.4. The minimum atomic E-state index is -3.64. The van der Waals surface area contributed by atoms with Crippen molar-refractivity contribution in [3.05, 3.63) is 0 Å². The predicted octanol–water partition coefficient (Wildman–Crippen LogP) is 0.569. The highest BCUT2D eigenvalue weighted by Gasteiger charge is 2.32. The minimum Gasteiger partial charge on any atom is -0.478 e. The largest absolute Gasteiger partial charge is 0.478 e. The average Bonchev–Trinajstić information content (AvgIpc) is 2.37. The molecule has 2 atom stereocenters. The van der Waals surface area contributed by atoms with Crippen LogP contribution in [-0.4, -0.2) is 65.6 Å². The first-order chi connectivity index (χ1) is 10.4. The molecular formula is C13H23NO7S2. The fourth-order valence-corrected chi connectivity index (χ4v) is 3.42. The van der Waals surface area contributed by atoms with E-state index >= 15 is 0 Å². The van der Waals surface area contributed by atoms with Crippen molar-refractivity contribution >= 4 is 38.8 Å². The zero-order valence-electron chi connectivity index (χ0n) is 13.8. The number of carboxylic acids is 1. The normalized spacial score (nSPS) is 14.6. The van der Waals surface area contributed by atoms with Crippen molar-refractivity contribution in [1.29, 1.82) is 0 Å². The Bertz CT molecular complexity index is 545. The first kappa shape index (κ1) is 21.9. The molecular weight excluding hydrogens is 346 g/mol. The molecule has 0 fully saturated rings. The number of thioether (sulfide) groups is 1. The Balaban J connectivity index is 4.96. The van der Waals surface area contributed by atoms with Gasteiger partial charge in [-0.2, -0.15) is 4.31 Å². The third-order valence-electron chi connectivity index (χ3n) is 2.82. The second kappa shape index (κ2) is 9.24. The van der Waals surface area contributed by atoms with Crippen LogP contribution < -0.4 is 0 Å². The van der Waals surface area contributed by atoms with Crippen molar-refractivity contribution in [2.75, 3.05) is 18.6 Å². The van der Waals surface area contributed by atoms with Gasteiger partial charge in [-0.15, -0.1) is 0 Å². The second-order valence-electron chi connectivity index (χ2n) is 5.39. The lowest BCUT2D eigenvalue weighted by Gasteiger charge is -2.27. The van der Waals surface area contributed by atoms with Gasteiger partial charge < -0.3 is 9.84 Å². The summed E-state index contributed by atoms with van der Waals surface area (Å²) in [7, 11) is -3.64. The molecule has 0 rings (SSSR count). The molecule has 10 heteroatoms. The summed E-state index contributed by atoms with van der Waals surface area (Å²) in [5.74, 6) is -2.74. The van der Waals surface area contributed by atoms with Crippen molar-refractivity contribution in [1.82, 2.24) is 4.31 Å². The van der Waals surface area contributed by atoms with Crippen LogP contribution in [0.3, 0.4) is 0 Å². The van der Waals surface area contributed by atoms with Crippen molar-refractivity contribution in [3.63, 3.8) is 0 Å². The van der Waals surface area contributed by atoms with Crippen LogP contribution in [0.1, 0.15) is 27.7 Å². The van der Waals surface area contributed by atoms with E-state index < -0.39 is 46.6 Å². The third kappa shape index (κ3) is 8.33. The maximum atomic E-state index is 11.9. The van der Waals surface area contributed by atoms with Crippen molar-refractivity contribution in [2.45, 2.75) is 39.8 Å². The molecule has 1 N–H and O–H groups in total. The summed E-state index contributed by atoms with van der Waals surface area (Å²) in [6.07, 6.45) is -0.649. The summed E-state index contributed by atoms with van der Waals surface area (Å²) in [4.78, 5) is 34.0. The second-order valence-corrected chi connectivity index (χ2v) is 8.53. The van der Waals surface area contributed by atoms with Gasteiger partial charge in [-0.1, -0.05) is 18.7 Å². The van der Waals surface area contributed by atoms with Crippen LogP contribution in [0.15, 0.2) is 0 Å². The number of aliphatic carboxylic acids is 1. The third-order valence-corrected chi connectivity index (χ3v) is 5.32. The Labute approximate surface area is 140 Å². The van der Waals surface area contributed by atoms with Crippen LogP contribution >= 0.6 is 11.8 Å². The van der Waals surface area contributed by atoms with E-state index in [9.17, 15) is 22.8 Å². The smallest absolute Gasteiger partial charge is 0.346 e. The van der Waals surface area contributed by atoms with Crippen molar-refractivity contribution in [2.24, 2.45) is 5.92 Å². The van der Waals surface area contributed by atoms with Crippen molar-refractivity contribution < 1.29 is 32.6 Å². The number of hydrogen-bond donors (Lipinski definition) is 1. The summed E-state index contributed by atoms with van der Waals surface area (Å²) in [6, 6.07) is -0.476. The minimum absolute atomic E-state index is 0.164. The van der Waals surface area contributed by atoms with E-state index in [2.05, 4.69) is 0 Å². The van der Waals surface area contributed by atoms with Gasteiger partial charge in [-0.3, -0.25) is 9.59 Å². The van der Waals surface area contributed by atoms with E-state index in [1.165, 1.54) is 13.8 Å². The molecule has 0 saturated carbocycles. The van der Waals surface area contributed by atoms with Gasteiger partial charge in [0.1, 0.15) is 0 Å². The van der Waals surface area contributed by atoms with E-state index in [-0.39, 0.29) is 10.9 Å². The Morgan fingerprint density at radius 3 is 2.09 bits per heavy atom. The van der Waals surface area contributed by atoms with E-state index in [0.717, 1.165) is 22.3 Å². The summed E-state index contributed by atoms with van der Waals surface area (Å²) in [5.41, 5.74) is 0. The number of hydrogen-bond acceptors (Lipinski definition) is 7. The zero-order chi connectivity index (χ0) is 18.4. The molecule has 134 valence electrons. The number of ether oxygens (including phenoxy) is 1. The molecule has 0 aliphatic rings. The van der Waals surface area contributed by atoms with Crippen LogP contribution in [0.2, 0.25) is 0 Å². The first-order valence-corrected chi connectivity index (χ1v) is 9.73. The molecule has 0 amide bonds. The van der Waals surface area contributed by atoms with Crippen LogP contribution in [0, 0.1) is 5.92 Å². The van der Waals surface area contributed by atoms with E-state index in [4.69, 9.17) is 9.84 Å². The lowest BCUT2D eigenvalue weighted by molar-refractivity contribution is -0.166. The molecule has 0 unspecified atom stereocenters. The van der Waals surface area contributed by atoms with Gasteiger partial charge in [0.15, 0.2) is 5.12 Å². The molecule has 0 aliphatic heterocycles. The fraction of sp³-hybridized carbons (Fsp3) is 0.769. The van der Waals surface area contributed by atoms with Gasteiger partial charge in [0, 0.05) is 18.7 Å². The molecule has 0 aromatic carbocycles. The Morgan fingerprint density at radius 1 is 1.22 bits per heavy atom. The van der Waals surface area contributed by atoms with Gasteiger partial charge in [0.25, 0.3) is 0 Å². The molecule has 0 heterocycles. The number of rotatable bonds is 9. The summed E-state index contributed by atoms with van der Waals surface area (Å²) in [5, 5.41) is 9.00. The summed E-state index contributed by atoms with van der Waals surface area (Å²) in [6.45, 7) is 5.58. The highest BCUT2D eigenvalue weighted by molar-refractivity contribution is 8.13. The number of carbonyl (C=O) groups excluding carboxylic acids is 2. The monoisotopic (exact) mass is 369 g/mol. The van der Waals surface area contributed by atoms with Crippen molar-refractivity contribution in [3.8, 4) is 0 Å². The Kier molecular flexibility index (Phi) is 8.78. The Hall–Kier alpha value is -1.13. The number of carboxylic acid groups (broad SMARTS) is 1. The standard InChI is InChI=1S/C13H23NO7S2/c1-8(2)14(23(5,19)20)6-11(12(16)17)21-13(18)9(3)7-22-10(4)15/h8-9,11H,6-7H2,1-5H3,(H,16,17)/t9-,11+/m1/s1.